The molecule has 0 amide bonds. The first-order valence-electron chi connectivity index (χ1n) is 5.33. The van der Waals surface area contributed by atoms with Crippen molar-refractivity contribution in [2.75, 3.05) is 13.2 Å². The van der Waals surface area contributed by atoms with E-state index in [4.69, 9.17) is 9.47 Å². The highest BCUT2D eigenvalue weighted by Crippen LogP contribution is 2.52. The minimum Gasteiger partial charge on any atom is -0.807 e. The molecule has 0 saturated heterocycles. The Labute approximate surface area is 101 Å². The van der Waals surface area contributed by atoms with E-state index in [1.54, 1.807) is 32.0 Å². The SMILES string of the molecule is CCOC(OCC)(c1ccccc1)P(=O)([O-])[O-]. The quantitative estimate of drug-likeness (QED) is 0.556. The first kappa shape index (κ1) is 14.4. The summed E-state index contributed by atoms with van der Waals surface area (Å²) in [4.78, 5) is 22.9. The molecule has 0 aliphatic carbocycles. The van der Waals surface area contributed by atoms with Crippen LogP contribution in [0.4, 0.5) is 0 Å². The Balaban J connectivity index is 3.30. The fourth-order valence-electron chi connectivity index (χ4n) is 1.56. The normalized spacial score (nSPS) is 12.7. The molecule has 0 radical (unpaired) electrons. The molecule has 1 aromatic carbocycles. The largest absolute Gasteiger partial charge is 0.807 e. The van der Waals surface area contributed by atoms with Crippen LogP contribution in [-0.4, -0.2) is 13.2 Å². The van der Waals surface area contributed by atoms with Crippen molar-refractivity contribution in [1.82, 2.24) is 0 Å². The van der Waals surface area contributed by atoms with E-state index < -0.39 is 13.1 Å². The third-order valence-corrected chi connectivity index (χ3v) is 3.42. The predicted molar refractivity (Wildman–Crippen MR) is 59.0 cm³/mol. The Bertz CT molecular complexity index is 380. The summed E-state index contributed by atoms with van der Waals surface area (Å²) in [7, 11) is -5.11. The molecule has 5 nitrogen and oxygen atoms in total. The molecule has 17 heavy (non-hydrogen) atoms. The Morgan fingerprint density at radius 3 is 1.94 bits per heavy atom. The second-order valence-electron chi connectivity index (χ2n) is 3.31. The van der Waals surface area contributed by atoms with Gasteiger partial charge in [-0.15, -0.1) is 0 Å². The van der Waals surface area contributed by atoms with E-state index in [0.29, 0.717) is 0 Å². The summed E-state index contributed by atoms with van der Waals surface area (Å²) in [5.41, 5.74) is -2.03. The summed E-state index contributed by atoms with van der Waals surface area (Å²) in [5.74, 6) is 0. The van der Waals surface area contributed by atoms with Crippen molar-refractivity contribution in [2.45, 2.75) is 19.4 Å². The van der Waals surface area contributed by atoms with Crippen LogP contribution in [-0.2, 0) is 19.6 Å². The lowest BCUT2D eigenvalue weighted by Crippen LogP contribution is -2.42. The number of hydrogen-bond donors (Lipinski definition) is 0. The molecule has 0 aliphatic rings. The Hall–Kier alpha value is -0.710. The zero-order valence-corrected chi connectivity index (χ0v) is 10.7. The van der Waals surface area contributed by atoms with Gasteiger partial charge >= 0.3 is 0 Å². The van der Waals surface area contributed by atoms with Gasteiger partial charge in [0.2, 0.25) is 5.53 Å². The minimum atomic E-state index is -5.11. The van der Waals surface area contributed by atoms with Gasteiger partial charge in [-0.25, -0.2) is 0 Å². The van der Waals surface area contributed by atoms with Gasteiger partial charge < -0.3 is 23.8 Å². The van der Waals surface area contributed by atoms with Crippen molar-refractivity contribution in [2.24, 2.45) is 0 Å². The lowest BCUT2D eigenvalue weighted by molar-refractivity contribution is -0.359. The molecular weight excluding hydrogens is 243 g/mol. The van der Waals surface area contributed by atoms with Gasteiger partial charge in [0.05, 0.1) is 0 Å². The molecule has 1 aromatic rings. The molecule has 6 heteroatoms. The van der Waals surface area contributed by atoms with E-state index in [0.717, 1.165) is 0 Å². The topological polar surface area (TPSA) is 81.7 Å². The van der Waals surface area contributed by atoms with E-state index >= 15 is 0 Å². The van der Waals surface area contributed by atoms with Crippen LogP contribution < -0.4 is 9.79 Å². The van der Waals surface area contributed by atoms with Gasteiger partial charge in [-0.05, 0) is 21.4 Å². The summed E-state index contributed by atoms with van der Waals surface area (Å²) in [5, 5.41) is 0. The summed E-state index contributed by atoms with van der Waals surface area (Å²) < 4.78 is 21.7. The molecule has 0 unspecified atom stereocenters. The van der Waals surface area contributed by atoms with E-state index in [9.17, 15) is 14.4 Å². The summed E-state index contributed by atoms with van der Waals surface area (Å²) in [6.07, 6.45) is 0. The highest BCUT2D eigenvalue weighted by atomic mass is 31.2. The molecule has 0 saturated carbocycles. The van der Waals surface area contributed by atoms with Gasteiger partial charge in [0.15, 0.2) is 0 Å². The standard InChI is InChI=1S/C11H17O5P/c1-3-15-11(16-4-2,17(12,13)14)10-8-6-5-7-9-10/h5-9H,3-4H2,1-2H3,(H2,12,13,14)/p-2. The van der Waals surface area contributed by atoms with Gasteiger partial charge in [-0.1, -0.05) is 30.3 Å². The van der Waals surface area contributed by atoms with E-state index in [1.165, 1.54) is 12.1 Å². The summed E-state index contributed by atoms with van der Waals surface area (Å²) in [6, 6.07) is 7.95. The van der Waals surface area contributed by atoms with E-state index in [1.807, 2.05) is 0 Å². The van der Waals surface area contributed by atoms with Crippen LogP contribution in [0.1, 0.15) is 19.4 Å². The highest BCUT2D eigenvalue weighted by Gasteiger charge is 2.37. The fraction of sp³-hybridized carbons (Fsp3) is 0.455. The second kappa shape index (κ2) is 5.76. The van der Waals surface area contributed by atoms with E-state index in [-0.39, 0.29) is 18.8 Å². The Kier molecular flexibility index (Phi) is 4.86. The Morgan fingerprint density at radius 2 is 1.59 bits per heavy atom. The van der Waals surface area contributed by atoms with Gasteiger partial charge in [0.25, 0.3) is 0 Å². The number of benzene rings is 1. The molecule has 0 fully saturated rings. The fourth-order valence-corrected chi connectivity index (χ4v) is 2.60. The molecule has 0 aliphatic heterocycles. The zero-order chi connectivity index (χ0) is 12.9. The van der Waals surface area contributed by atoms with Crippen molar-refractivity contribution in [3.8, 4) is 0 Å². The van der Waals surface area contributed by atoms with Crippen molar-refractivity contribution < 1.29 is 23.8 Å². The lowest BCUT2D eigenvalue weighted by atomic mass is 10.2. The maximum atomic E-state index is 11.5. The second-order valence-corrected chi connectivity index (χ2v) is 4.90. The molecule has 0 N–H and O–H groups in total. The first-order valence-corrected chi connectivity index (χ1v) is 6.87. The van der Waals surface area contributed by atoms with Crippen molar-refractivity contribution in [1.29, 1.82) is 0 Å². The van der Waals surface area contributed by atoms with Crippen molar-refractivity contribution >= 4 is 7.60 Å². The number of rotatable bonds is 6. The molecule has 96 valence electrons. The molecule has 0 bridgehead atoms. The molecular formula is C11H15O5P-2. The molecule has 0 aromatic heterocycles. The van der Waals surface area contributed by atoms with Crippen LogP contribution in [0.3, 0.4) is 0 Å². The molecule has 0 heterocycles. The Morgan fingerprint density at radius 1 is 1.12 bits per heavy atom. The minimum absolute atomic E-state index is 0.0589. The van der Waals surface area contributed by atoms with Crippen LogP contribution in [0.15, 0.2) is 30.3 Å². The van der Waals surface area contributed by atoms with Gasteiger partial charge in [-0.2, -0.15) is 0 Å². The summed E-state index contributed by atoms with van der Waals surface area (Å²) in [6.45, 7) is 3.32. The third-order valence-electron chi connectivity index (χ3n) is 2.18. The lowest BCUT2D eigenvalue weighted by Gasteiger charge is -2.48. The van der Waals surface area contributed by atoms with Crippen LogP contribution >= 0.6 is 7.60 Å². The third kappa shape index (κ3) is 2.94. The van der Waals surface area contributed by atoms with E-state index in [2.05, 4.69) is 0 Å². The van der Waals surface area contributed by atoms with Gasteiger partial charge in [-0.3, -0.25) is 0 Å². The number of ether oxygens (including phenoxy) is 2. The zero-order valence-electron chi connectivity index (χ0n) is 9.79. The van der Waals surface area contributed by atoms with Gasteiger partial charge in [0, 0.05) is 18.8 Å². The molecule has 0 spiro atoms. The van der Waals surface area contributed by atoms with Crippen LogP contribution in [0.2, 0.25) is 0 Å². The van der Waals surface area contributed by atoms with Gasteiger partial charge in [0.1, 0.15) is 0 Å². The smallest absolute Gasteiger partial charge is 0.221 e. The van der Waals surface area contributed by atoms with Crippen molar-refractivity contribution in [3.05, 3.63) is 35.9 Å². The summed E-state index contributed by atoms with van der Waals surface area (Å²) >= 11 is 0. The first-order chi connectivity index (χ1) is 7.98. The maximum Gasteiger partial charge on any atom is 0.221 e. The highest BCUT2D eigenvalue weighted by molar-refractivity contribution is 7.49. The monoisotopic (exact) mass is 258 g/mol. The average Bonchev–Trinajstić information content (AvgIpc) is 2.28. The molecule has 1 rings (SSSR count). The number of hydrogen-bond acceptors (Lipinski definition) is 5. The average molecular weight is 258 g/mol. The maximum absolute atomic E-state index is 11.5. The van der Waals surface area contributed by atoms with Crippen molar-refractivity contribution in [3.63, 3.8) is 0 Å². The molecule has 0 atom stereocenters. The van der Waals surface area contributed by atoms with Crippen LogP contribution in [0, 0.1) is 0 Å². The predicted octanol–water partition coefficient (Wildman–Crippen LogP) is 0.784. The van der Waals surface area contributed by atoms with Crippen LogP contribution in [0.25, 0.3) is 0 Å². The van der Waals surface area contributed by atoms with Crippen LogP contribution in [0.5, 0.6) is 0 Å².